The number of oxazole rings is 1. The topological polar surface area (TPSA) is 66.6 Å². The van der Waals surface area contributed by atoms with E-state index < -0.39 is 11.4 Å². The minimum atomic E-state index is -0.766. The van der Waals surface area contributed by atoms with Gasteiger partial charge in [0, 0.05) is 19.0 Å². The molecule has 2 aliphatic rings. The van der Waals surface area contributed by atoms with Gasteiger partial charge in [0.15, 0.2) is 5.89 Å². The number of aliphatic carboxylic acids is 1. The Bertz CT molecular complexity index is 713. The van der Waals surface area contributed by atoms with Gasteiger partial charge >= 0.3 is 5.97 Å². The van der Waals surface area contributed by atoms with E-state index in [4.69, 9.17) is 4.42 Å². The van der Waals surface area contributed by atoms with E-state index in [1.807, 2.05) is 36.5 Å². The molecule has 1 aliphatic heterocycles. The molecular weight excluding hydrogens is 304 g/mol. The van der Waals surface area contributed by atoms with Crippen molar-refractivity contribution >= 4 is 5.97 Å². The quantitative estimate of drug-likeness (QED) is 0.914. The number of hydrogen-bond donors (Lipinski definition) is 1. The minimum absolute atomic E-state index is 0.526. The number of likely N-dealkylation sites (tertiary alicyclic amines) is 1. The molecule has 0 unspecified atom stereocenters. The molecular formula is C19H22N2O3. The molecule has 4 rings (SSSR count). The molecule has 0 amide bonds. The van der Waals surface area contributed by atoms with Crippen LogP contribution in [-0.4, -0.2) is 34.0 Å². The normalized spacial score (nSPS) is 20.8. The maximum absolute atomic E-state index is 12.0. The summed E-state index contributed by atoms with van der Waals surface area (Å²) >= 11 is 0. The van der Waals surface area contributed by atoms with Crippen molar-refractivity contribution < 1.29 is 14.3 Å². The third-order valence-electron chi connectivity index (χ3n) is 5.32. The third-order valence-corrected chi connectivity index (χ3v) is 5.32. The van der Waals surface area contributed by atoms with Crippen LogP contribution in [0.15, 0.2) is 40.9 Å². The molecule has 1 aromatic carbocycles. The molecule has 1 aromatic heterocycles. The number of piperidine rings is 1. The molecule has 5 heteroatoms. The number of nitrogens with zero attached hydrogens (tertiary/aromatic N) is 2. The number of carbonyl (C=O) groups is 1. The molecule has 1 saturated carbocycles. The predicted octanol–water partition coefficient (Wildman–Crippen LogP) is 3.17. The molecule has 1 aliphatic carbocycles. The second kappa shape index (κ2) is 6.06. The van der Waals surface area contributed by atoms with Crippen LogP contribution in [0.25, 0.3) is 0 Å². The Kier molecular flexibility index (Phi) is 3.88. The molecule has 1 saturated heterocycles. The zero-order valence-electron chi connectivity index (χ0n) is 13.6. The van der Waals surface area contributed by atoms with Crippen molar-refractivity contribution in [1.29, 1.82) is 0 Å². The Morgan fingerprint density at radius 2 is 1.96 bits per heavy atom. The van der Waals surface area contributed by atoms with Crippen molar-refractivity contribution in [2.45, 2.75) is 43.6 Å². The first-order valence-corrected chi connectivity index (χ1v) is 8.63. The monoisotopic (exact) mass is 326 g/mol. The van der Waals surface area contributed by atoms with E-state index in [2.05, 4.69) is 9.88 Å². The molecule has 0 atom stereocenters. The number of benzene rings is 1. The highest BCUT2D eigenvalue weighted by atomic mass is 16.4. The van der Waals surface area contributed by atoms with E-state index >= 15 is 0 Å². The molecule has 126 valence electrons. The van der Waals surface area contributed by atoms with Crippen LogP contribution in [-0.2, 0) is 16.8 Å². The molecule has 2 aromatic rings. The summed E-state index contributed by atoms with van der Waals surface area (Å²) in [7, 11) is 0. The number of rotatable bonds is 5. The summed E-state index contributed by atoms with van der Waals surface area (Å²) in [5, 5.41) is 9.84. The number of carboxylic acids is 1. The van der Waals surface area contributed by atoms with Crippen LogP contribution < -0.4 is 0 Å². The van der Waals surface area contributed by atoms with E-state index in [0.29, 0.717) is 25.3 Å². The van der Waals surface area contributed by atoms with Crippen molar-refractivity contribution in [3.05, 3.63) is 53.7 Å². The number of hydrogen-bond acceptors (Lipinski definition) is 4. The SMILES string of the molecule is O=C(O)C1(c2ccccc2)CCN(Cc2cnc(C3CC3)o2)CC1. The fraction of sp³-hybridized carbons (Fsp3) is 0.474. The fourth-order valence-corrected chi connectivity index (χ4v) is 3.61. The van der Waals surface area contributed by atoms with Gasteiger partial charge < -0.3 is 9.52 Å². The van der Waals surface area contributed by atoms with Gasteiger partial charge in [-0.1, -0.05) is 30.3 Å². The van der Waals surface area contributed by atoms with Crippen LogP contribution >= 0.6 is 0 Å². The minimum Gasteiger partial charge on any atom is -0.481 e. The average molecular weight is 326 g/mol. The molecule has 0 radical (unpaired) electrons. The van der Waals surface area contributed by atoms with E-state index in [1.54, 1.807) is 0 Å². The van der Waals surface area contributed by atoms with Gasteiger partial charge in [-0.2, -0.15) is 0 Å². The largest absolute Gasteiger partial charge is 0.481 e. The van der Waals surface area contributed by atoms with Gasteiger partial charge in [0.25, 0.3) is 0 Å². The molecule has 2 heterocycles. The predicted molar refractivity (Wildman–Crippen MR) is 88.7 cm³/mol. The highest BCUT2D eigenvalue weighted by Crippen LogP contribution is 2.40. The molecule has 5 nitrogen and oxygen atoms in total. The lowest BCUT2D eigenvalue weighted by Crippen LogP contribution is -2.47. The average Bonchev–Trinajstić information content (AvgIpc) is 3.36. The van der Waals surface area contributed by atoms with Gasteiger partial charge in [0.05, 0.1) is 18.2 Å². The summed E-state index contributed by atoms with van der Waals surface area (Å²) in [4.78, 5) is 18.6. The summed E-state index contributed by atoms with van der Waals surface area (Å²) in [6.45, 7) is 2.21. The first-order valence-electron chi connectivity index (χ1n) is 8.63. The van der Waals surface area contributed by atoms with Gasteiger partial charge in [-0.15, -0.1) is 0 Å². The zero-order valence-corrected chi connectivity index (χ0v) is 13.6. The van der Waals surface area contributed by atoms with Gasteiger partial charge in [-0.3, -0.25) is 9.69 Å². The van der Waals surface area contributed by atoms with Crippen molar-refractivity contribution in [2.24, 2.45) is 0 Å². The first-order chi connectivity index (χ1) is 11.7. The molecule has 0 spiro atoms. The summed E-state index contributed by atoms with van der Waals surface area (Å²) in [6.07, 6.45) is 5.43. The molecule has 24 heavy (non-hydrogen) atoms. The Morgan fingerprint density at radius 3 is 2.58 bits per heavy atom. The summed E-state index contributed by atoms with van der Waals surface area (Å²) < 4.78 is 5.83. The van der Waals surface area contributed by atoms with Crippen LogP contribution in [0.4, 0.5) is 0 Å². The van der Waals surface area contributed by atoms with E-state index in [-0.39, 0.29) is 0 Å². The second-order valence-electron chi connectivity index (χ2n) is 6.97. The summed E-state index contributed by atoms with van der Waals surface area (Å²) in [5.74, 6) is 1.56. The maximum atomic E-state index is 12.0. The smallest absolute Gasteiger partial charge is 0.314 e. The van der Waals surface area contributed by atoms with Crippen molar-refractivity contribution in [3.63, 3.8) is 0 Å². The highest BCUT2D eigenvalue weighted by Gasteiger charge is 2.43. The lowest BCUT2D eigenvalue weighted by molar-refractivity contribution is -0.146. The highest BCUT2D eigenvalue weighted by molar-refractivity contribution is 5.81. The van der Waals surface area contributed by atoms with Gasteiger partial charge in [0.1, 0.15) is 5.76 Å². The number of carboxylic acid groups (broad SMARTS) is 1. The Labute approximate surface area is 141 Å². The summed E-state index contributed by atoms with van der Waals surface area (Å²) in [5.41, 5.74) is 0.145. The maximum Gasteiger partial charge on any atom is 0.314 e. The lowest BCUT2D eigenvalue weighted by atomic mass is 9.73. The zero-order chi connectivity index (χ0) is 16.6. The van der Waals surface area contributed by atoms with E-state index in [1.165, 1.54) is 12.8 Å². The van der Waals surface area contributed by atoms with Crippen molar-refractivity contribution in [2.75, 3.05) is 13.1 Å². The van der Waals surface area contributed by atoms with Gasteiger partial charge in [0.2, 0.25) is 0 Å². The molecule has 0 bridgehead atoms. The van der Waals surface area contributed by atoms with Crippen molar-refractivity contribution in [1.82, 2.24) is 9.88 Å². The Hall–Kier alpha value is -2.14. The van der Waals surface area contributed by atoms with Gasteiger partial charge in [-0.05, 0) is 31.2 Å². The molecule has 1 N–H and O–H groups in total. The van der Waals surface area contributed by atoms with Crippen LogP contribution in [0.5, 0.6) is 0 Å². The molecule has 2 fully saturated rings. The Balaban J connectivity index is 1.43. The summed E-state index contributed by atoms with van der Waals surface area (Å²) in [6, 6.07) is 9.63. The number of aromatic nitrogens is 1. The van der Waals surface area contributed by atoms with Crippen LogP contribution in [0.2, 0.25) is 0 Å². The van der Waals surface area contributed by atoms with Crippen LogP contribution in [0.1, 0.15) is 48.8 Å². The van der Waals surface area contributed by atoms with E-state index in [9.17, 15) is 9.90 Å². The van der Waals surface area contributed by atoms with Crippen molar-refractivity contribution in [3.8, 4) is 0 Å². The fourth-order valence-electron chi connectivity index (χ4n) is 3.61. The second-order valence-corrected chi connectivity index (χ2v) is 6.97. The Morgan fingerprint density at radius 1 is 1.25 bits per heavy atom. The van der Waals surface area contributed by atoms with E-state index in [0.717, 1.165) is 30.3 Å². The third kappa shape index (κ3) is 2.84. The lowest BCUT2D eigenvalue weighted by Gasteiger charge is -2.38. The van der Waals surface area contributed by atoms with Crippen LogP contribution in [0.3, 0.4) is 0 Å². The first kappa shape index (κ1) is 15.4. The van der Waals surface area contributed by atoms with Gasteiger partial charge in [-0.25, -0.2) is 4.98 Å². The van der Waals surface area contributed by atoms with Crippen LogP contribution in [0, 0.1) is 0 Å². The standard InChI is InChI=1S/C19H22N2O3/c22-18(23)19(15-4-2-1-3-5-15)8-10-21(11-9-19)13-16-12-20-17(24-16)14-6-7-14/h1-5,12,14H,6-11,13H2,(H,22,23).